The molecule has 0 spiro atoms. The molecule has 2 atom stereocenters. The molecule has 1 aromatic heterocycles. The first-order valence-electron chi connectivity index (χ1n) is 7.74. The summed E-state index contributed by atoms with van der Waals surface area (Å²) in [4.78, 5) is 17.7. The van der Waals surface area contributed by atoms with Crippen molar-refractivity contribution in [3.63, 3.8) is 0 Å². The molecule has 0 aliphatic carbocycles. The Morgan fingerprint density at radius 1 is 1.05 bits per heavy atom. The van der Waals surface area contributed by atoms with Crippen LogP contribution in [0.3, 0.4) is 0 Å². The lowest BCUT2D eigenvalue weighted by atomic mass is 9.94. The number of morpholine rings is 1. The van der Waals surface area contributed by atoms with E-state index in [9.17, 15) is 0 Å². The first-order chi connectivity index (χ1) is 10.1. The molecule has 3 rings (SSSR count). The topological polar surface area (TPSA) is 80.4 Å². The Kier molecular flexibility index (Phi) is 4.10. The van der Waals surface area contributed by atoms with Crippen LogP contribution in [-0.2, 0) is 4.74 Å². The predicted octanol–water partition coefficient (Wildman–Crippen LogP) is 0.915. The SMILES string of the molecule is CC1CCN(c2nc(N)nc(N3CCOCC3)n2)C(C)C1. The summed E-state index contributed by atoms with van der Waals surface area (Å²) < 4.78 is 5.37. The minimum atomic E-state index is 0.298. The number of anilines is 3. The van der Waals surface area contributed by atoms with Gasteiger partial charge in [-0.2, -0.15) is 15.0 Å². The lowest BCUT2D eigenvalue weighted by Gasteiger charge is -2.37. The van der Waals surface area contributed by atoms with E-state index in [0.29, 0.717) is 37.1 Å². The third-order valence-corrected chi connectivity index (χ3v) is 4.32. The van der Waals surface area contributed by atoms with Crippen molar-refractivity contribution in [2.45, 2.75) is 32.7 Å². The van der Waals surface area contributed by atoms with Gasteiger partial charge in [-0.1, -0.05) is 6.92 Å². The van der Waals surface area contributed by atoms with Crippen LogP contribution >= 0.6 is 0 Å². The molecule has 0 bridgehead atoms. The van der Waals surface area contributed by atoms with Gasteiger partial charge in [0.25, 0.3) is 0 Å². The maximum Gasteiger partial charge on any atom is 0.232 e. The molecule has 2 saturated heterocycles. The van der Waals surface area contributed by atoms with Crippen LogP contribution in [0.5, 0.6) is 0 Å². The van der Waals surface area contributed by atoms with Gasteiger partial charge < -0.3 is 20.3 Å². The van der Waals surface area contributed by atoms with Crippen LogP contribution < -0.4 is 15.5 Å². The van der Waals surface area contributed by atoms with Gasteiger partial charge in [0.2, 0.25) is 17.8 Å². The molecule has 3 heterocycles. The van der Waals surface area contributed by atoms with E-state index in [-0.39, 0.29) is 0 Å². The Morgan fingerprint density at radius 3 is 2.48 bits per heavy atom. The fourth-order valence-corrected chi connectivity index (χ4v) is 3.11. The third kappa shape index (κ3) is 3.18. The fraction of sp³-hybridized carbons (Fsp3) is 0.786. The minimum absolute atomic E-state index is 0.298. The molecule has 0 aromatic carbocycles. The number of hydrogen-bond donors (Lipinski definition) is 1. The Morgan fingerprint density at radius 2 is 1.76 bits per heavy atom. The van der Waals surface area contributed by atoms with E-state index in [1.165, 1.54) is 12.8 Å². The molecule has 0 amide bonds. The number of nitrogens with two attached hydrogens (primary N) is 1. The largest absolute Gasteiger partial charge is 0.378 e. The number of hydrogen-bond acceptors (Lipinski definition) is 7. The van der Waals surface area contributed by atoms with Crippen molar-refractivity contribution in [2.24, 2.45) is 5.92 Å². The number of rotatable bonds is 2. The summed E-state index contributed by atoms with van der Waals surface area (Å²) >= 11 is 0. The van der Waals surface area contributed by atoms with E-state index in [4.69, 9.17) is 10.5 Å². The van der Waals surface area contributed by atoms with E-state index in [2.05, 4.69) is 38.6 Å². The molecule has 7 heteroatoms. The molecule has 21 heavy (non-hydrogen) atoms. The minimum Gasteiger partial charge on any atom is -0.378 e. The molecule has 0 saturated carbocycles. The highest BCUT2D eigenvalue weighted by Crippen LogP contribution is 2.26. The van der Waals surface area contributed by atoms with Gasteiger partial charge in [0.15, 0.2) is 0 Å². The quantitative estimate of drug-likeness (QED) is 0.868. The smallest absolute Gasteiger partial charge is 0.232 e. The maximum absolute atomic E-state index is 5.90. The van der Waals surface area contributed by atoms with Crippen LogP contribution in [0.2, 0.25) is 0 Å². The second kappa shape index (κ2) is 6.01. The van der Waals surface area contributed by atoms with E-state index >= 15 is 0 Å². The van der Waals surface area contributed by atoms with Gasteiger partial charge in [-0.3, -0.25) is 0 Å². The van der Waals surface area contributed by atoms with Crippen LogP contribution in [-0.4, -0.2) is 53.8 Å². The summed E-state index contributed by atoms with van der Waals surface area (Å²) in [5.41, 5.74) is 5.90. The molecular weight excluding hydrogens is 268 g/mol. The molecule has 2 aliphatic heterocycles. The van der Waals surface area contributed by atoms with E-state index < -0.39 is 0 Å². The third-order valence-electron chi connectivity index (χ3n) is 4.32. The molecule has 2 unspecified atom stereocenters. The first-order valence-corrected chi connectivity index (χ1v) is 7.74. The lowest BCUT2D eigenvalue weighted by Crippen LogP contribution is -2.42. The second-order valence-electron chi connectivity index (χ2n) is 6.06. The number of nitrogen functional groups attached to an aromatic ring is 1. The summed E-state index contributed by atoms with van der Waals surface area (Å²) in [7, 11) is 0. The van der Waals surface area contributed by atoms with Gasteiger partial charge >= 0.3 is 0 Å². The van der Waals surface area contributed by atoms with Crippen molar-refractivity contribution in [3.8, 4) is 0 Å². The predicted molar refractivity (Wildman–Crippen MR) is 82.5 cm³/mol. The molecule has 2 N–H and O–H groups in total. The lowest BCUT2D eigenvalue weighted by molar-refractivity contribution is 0.122. The molecule has 2 fully saturated rings. The summed E-state index contributed by atoms with van der Waals surface area (Å²) in [6.07, 6.45) is 2.33. The van der Waals surface area contributed by atoms with Gasteiger partial charge in [-0.05, 0) is 25.7 Å². The zero-order valence-electron chi connectivity index (χ0n) is 12.8. The van der Waals surface area contributed by atoms with Crippen molar-refractivity contribution in [1.29, 1.82) is 0 Å². The standard InChI is InChI=1S/C14H24N6O/c1-10-3-4-20(11(2)9-10)14-17-12(15)16-13(18-14)19-5-7-21-8-6-19/h10-11H,3-9H2,1-2H3,(H2,15,16,17,18). The van der Waals surface area contributed by atoms with Crippen LogP contribution in [0.25, 0.3) is 0 Å². The van der Waals surface area contributed by atoms with Gasteiger partial charge in [0.05, 0.1) is 13.2 Å². The van der Waals surface area contributed by atoms with Gasteiger partial charge in [-0.25, -0.2) is 0 Å². The summed E-state index contributed by atoms with van der Waals surface area (Å²) in [5.74, 6) is 2.44. The van der Waals surface area contributed by atoms with Crippen LogP contribution in [0.1, 0.15) is 26.7 Å². The van der Waals surface area contributed by atoms with E-state index in [1.807, 2.05) is 0 Å². The van der Waals surface area contributed by atoms with E-state index in [0.717, 1.165) is 25.6 Å². The van der Waals surface area contributed by atoms with Crippen LogP contribution in [0.4, 0.5) is 17.8 Å². The number of ether oxygens (including phenoxy) is 1. The molecular formula is C14H24N6O. The Hall–Kier alpha value is -1.63. The zero-order chi connectivity index (χ0) is 14.8. The second-order valence-corrected chi connectivity index (χ2v) is 6.06. The Bertz CT molecular complexity index is 490. The highest BCUT2D eigenvalue weighted by atomic mass is 16.5. The maximum atomic E-state index is 5.90. The number of piperidine rings is 1. The van der Waals surface area contributed by atoms with Crippen molar-refractivity contribution < 1.29 is 4.74 Å². The van der Waals surface area contributed by atoms with E-state index in [1.54, 1.807) is 0 Å². The molecule has 116 valence electrons. The Labute approximate surface area is 125 Å². The van der Waals surface area contributed by atoms with Gasteiger partial charge in [-0.15, -0.1) is 0 Å². The molecule has 7 nitrogen and oxygen atoms in total. The van der Waals surface area contributed by atoms with Crippen LogP contribution in [0.15, 0.2) is 0 Å². The average Bonchev–Trinajstić information content (AvgIpc) is 2.47. The van der Waals surface area contributed by atoms with Crippen molar-refractivity contribution in [2.75, 3.05) is 48.4 Å². The molecule has 2 aliphatic rings. The molecule has 1 aromatic rings. The zero-order valence-corrected chi connectivity index (χ0v) is 12.8. The monoisotopic (exact) mass is 292 g/mol. The fourth-order valence-electron chi connectivity index (χ4n) is 3.11. The van der Waals surface area contributed by atoms with Gasteiger partial charge in [0.1, 0.15) is 0 Å². The highest BCUT2D eigenvalue weighted by Gasteiger charge is 2.26. The van der Waals surface area contributed by atoms with Crippen molar-refractivity contribution in [1.82, 2.24) is 15.0 Å². The average molecular weight is 292 g/mol. The Balaban J connectivity index is 1.83. The van der Waals surface area contributed by atoms with Crippen molar-refractivity contribution >= 4 is 17.8 Å². The summed E-state index contributed by atoms with van der Waals surface area (Å²) in [6, 6.07) is 0.438. The summed E-state index contributed by atoms with van der Waals surface area (Å²) in [5, 5.41) is 0. The van der Waals surface area contributed by atoms with Crippen molar-refractivity contribution in [3.05, 3.63) is 0 Å². The first kappa shape index (κ1) is 14.3. The number of aromatic nitrogens is 3. The highest BCUT2D eigenvalue weighted by molar-refractivity contribution is 5.44. The summed E-state index contributed by atoms with van der Waals surface area (Å²) in [6.45, 7) is 8.52. The van der Waals surface area contributed by atoms with Crippen LogP contribution in [0, 0.1) is 5.92 Å². The molecule has 0 radical (unpaired) electrons. The van der Waals surface area contributed by atoms with Gasteiger partial charge in [0, 0.05) is 25.7 Å². The number of nitrogens with zero attached hydrogens (tertiary/aromatic N) is 5. The normalized spacial score (nSPS) is 27.0.